The Morgan fingerprint density at radius 2 is 1.38 bits per heavy atom. The molecule has 0 aliphatic heterocycles. The zero-order valence-electron chi connectivity index (χ0n) is 13.7. The Labute approximate surface area is 128 Å². The molecule has 112 valence electrons. The van der Waals surface area contributed by atoms with Gasteiger partial charge >= 0.3 is 0 Å². The van der Waals surface area contributed by atoms with Gasteiger partial charge in [-0.3, -0.25) is 4.37 Å². The van der Waals surface area contributed by atoms with Crippen LogP contribution in [0.3, 0.4) is 0 Å². The van der Waals surface area contributed by atoms with Gasteiger partial charge in [-0.1, -0.05) is 41.5 Å². The first-order valence-corrected chi connectivity index (χ1v) is 7.93. The van der Waals surface area contributed by atoms with E-state index in [1.54, 1.807) is 4.80 Å². The van der Waals surface area contributed by atoms with Crippen molar-refractivity contribution in [3.8, 4) is 0 Å². The second-order valence-corrected chi connectivity index (χ2v) is 8.21. The molecule has 0 amide bonds. The van der Waals surface area contributed by atoms with Crippen LogP contribution in [0.1, 0.15) is 52.7 Å². The maximum absolute atomic E-state index is 4.65. The summed E-state index contributed by atoms with van der Waals surface area (Å²) >= 11 is 1.39. The van der Waals surface area contributed by atoms with Gasteiger partial charge in [0.1, 0.15) is 5.52 Å². The fraction of sp³-hybridized carbons (Fsp3) is 0.600. The van der Waals surface area contributed by atoms with Gasteiger partial charge in [-0.15, -0.1) is 0 Å². The largest absolute Gasteiger partial charge is 0.293 e. The van der Waals surface area contributed by atoms with E-state index in [0.29, 0.717) is 0 Å². The third-order valence-electron chi connectivity index (χ3n) is 3.70. The molecule has 0 saturated heterocycles. The van der Waals surface area contributed by atoms with E-state index in [2.05, 4.69) is 60.5 Å². The number of aromatic nitrogens is 5. The summed E-state index contributed by atoms with van der Waals surface area (Å²) in [5, 5.41) is 9.29. The van der Waals surface area contributed by atoms with Gasteiger partial charge in [0.25, 0.3) is 0 Å². The molecule has 0 aliphatic rings. The Morgan fingerprint density at radius 3 is 1.90 bits per heavy atom. The van der Waals surface area contributed by atoms with Crippen molar-refractivity contribution in [2.24, 2.45) is 7.05 Å². The highest BCUT2D eigenvalue weighted by Gasteiger charge is 2.33. The molecule has 0 spiro atoms. The van der Waals surface area contributed by atoms with E-state index in [1.165, 1.54) is 22.9 Å². The van der Waals surface area contributed by atoms with Crippen molar-refractivity contribution in [2.45, 2.75) is 52.4 Å². The van der Waals surface area contributed by atoms with Crippen molar-refractivity contribution in [2.75, 3.05) is 0 Å². The van der Waals surface area contributed by atoms with Gasteiger partial charge in [0.05, 0.1) is 5.52 Å². The average molecular weight is 304 g/mol. The molecule has 1 aromatic carbocycles. The maximum Gasteiger partial charge on any atom is 0.193 e. The van der Waals surface area contributed by atoms with Crippen LogP contribution in [0, 0.1) is 0 Å². The van der Waals surface area contributed by atoms with Gasteiger partial charge in [0, 0.05) is 37.8 Å². The van der Waals surface area contributed by atoms with Gasteiger partial charge in [0.2, 0.25) is 0 Å². The van der Waals surface area contributed by atoms with Crippen LogP contribution < -0.4 is 4.80 Å². The van der Waals surface area contributed by atoms with E-state index in [9.17, 15) is 0 Å². The quantitative estimate of drug-likeness (QED) is 0.650. The van der Waals surface area contributed by atoms with Crippen molar-refractivity contribution in [3.05, 3.63) is 11.1 Å². The van der Waals surface area contributed by atoms with Crippen LogP contribution in [0.15, 0.2) is 0 Å². The Hall–Kier alpha value is -1.56. The molecule has 3 rings (SSSR count). The number of nitrogens with zero attached hydrogens (tertiary/aromatic N) is 4. The summed E-state index contributed by atoms with van der Waals surface area (Å²) in [5.41, 5.74) is 6.40. The van der Waals surface area contributed by atoms with Crippen LogP contribution in [0.5, 0.6) is 0 Å². The fourth-order valence-electron chi connectivity index (χ4n) is 2.96. The van der Waals surface area contributed by atoms with Crippen LogP contribution in [0.2, 0.25) is 0 Å². The Bertz CT molecular complexity index is 764. The summed E-state index contributed by atoms with van der Waals surface area (Å²) in [6, 6.07) is 0. The lowest BCUT2D eigenvalue weighted by molar-refractivity contribution is -0.778. The van der Waals surface area contributed by atoms with Gasteiger partial charge in [-0.2, -0.15) is 4.37 Å². The highest BCUT2D eigenvalue weighted by atomic mass is 32.1. The standard InChI is InChI=1S/C15H22N5S/c1-14(2,3)8-10-11(17-20(7)16-10)9(15(4,5)6)13-12(8)18-21-19-13/h18H,1-7H3/q+1. The second kappa shape index (κ2) is 4.22. The Kier molecular flexibility index (Phi) is 2.89. The number of rotatable bonds is 0. The van der Waals surface area contributed by atoms with Crippen LogP contribution in [0.4, 0.5) is 0 Å². The molecule has 0 fully saturated rings. The minimum Gasteiger partial charge on any atom is -0.293 e. The first-order chi connectivity index (χ1) is 9.60. The molecular formula is C15H22N5S+. The third kappa shape index (κ3) is 2.12. The minimum absolute atomic E-state index is 0.0256. The maximum atomic E-state index is 4.65. The summed E-state index contributed by atoms with van der Waals surface area (Å²) < 4.78 is 7.99. The zero-order valence-corrected chi connectivity index (χ0v) is 14.5. The first kappa shape index (κ1) is 14.4. The number of H-pyrrole nitrogens is 1. The van der Waals surface area contributed by atoms with Crippen molar-refractivity contribution >= 4 is 33.8 Å². The normalized spacial score (nSPS) is 13.5. The molecular weight excluding hydrogens is 282 g/mol. The van der Waals surface area contributed by atoms with Crippen LogP contribution in [-0.4, -0.2) is 18.9 Å². The monoisotopic (exact) mass is 304 g/mol. The van der Waals surface area contributed by atoms with E-state index < -0.39 is 0 Å². The highest BCUT2D eigenvalue weighted by molar-refractivity contribution is 7.00. The number of fused-ring (bicyclic) bond motifs is 2. The van der Waals surface area contributed by atoms with Crippen LogP contribution in [-0.2, 0) is 17.9 Å². The van der Waals surface area contributed by atoms with Crippen LogP contribution in [0.25, 0.3) is 22.1 Å². The number of aromatic amines is 1. The molecule has 0 atom stereocenters. The van der Waals surface area contributed by atoms with Gasteiger partial charge < -0.3 is 0 Å². The Balaban J connectivity index is 2.62. The molecule has 6 heteroatoms. The third-order valence-corrected chi connectivity index (χ3v) is 4.26. The highest BCUT2D eigenvalue weighted by Crippen LogP contribution is 2.40. The predicted octanol–water partition coefficient (Wildman–Crippen LogP) is 2.99. The molecule has 0 unspecified atom stereocenters. The SMILES string of the molecule is C[n+]1nc2c(C(C)(C)C)c3ns[nH]c3c(C(C)(C)C)c2n1. The van der Waals surface area contributed by atoms with Gasteiger partial charge in [-0.25, -0.2) is 0 Å². The van der Waals surface area contributed by atoms with E-state index in [1.807, 2.05) is 7.05 Å². The summed E-state index contributed by atoms with van der Waals surface area (Å²) in [6.07, 6.45) is 0. The molecule has 3 aromatic rings. The van der Waals surface area contributed by atoms with E-state index in [-0.39, 0.29) is 10.8 Å². The summed E-state index contributed by atoms with van der Waals surface area (Å²) in [4.78, 5) is 1.66. The number of nitrogens with one attached hydrogen (secondary N) is 1. The average Bonchev–Trinajstić information content (AvgIpc) is 2.85. The second-order valence-electron chi connectivity index (χ2n) is 7.64. The number of hydrogen-bond acceptors (Lipinski definition) is 4. The smallest absolute Gasteiger partial charge is 0.193 e. The summed E-state index contributed by atoms with van der Waals surface area (Å²) in [7, 11) is 1.88. The van der Waals surface area contributed by atoms with Crippen molar-refractivity contribution in [1.29, 1.82) is 0 Å². The molecule has 2 aromatic heterocycles. The van der Waals surface area contributed by atoms with E-state index in [4.69, 9.17) is 0 Å². The van der Waals surface area contributed by atoms with Crippen molar-refractivity contribution in [1.82, 2.24) is 18.9 Å². The topological polar surface area (TPSA) is 58.3 Å². The summed E-state index contributed by atoms with van der Waals surface area (Å²) in [5.74, 6) is 0. The molecule has 21 heavy (non-hydrogen) atoms. The summed E-state index contributed by atoms with van der Waals surface area (Å²) in [6.45, 7) is 13.2. The number of benzene rings is 1. The molecule has 1 N–H and O–H groups in total. The van der Waals surface area contributed by atoms with Gasteiger partial charge in [0.15, 0.2) is 18.1 Å². The lowest BCUT2D eigenvalue weighted by Crippen LogP contribution is -2.33. The van der Waals surface area contributed by atoms with E-state index in [0.717, 1.165) is 22.1 Å². The Morgan fingerprint density at radius 1 is 0.857 bits per heavy atom. The lowest BCUT2D eigenvalue weighted by atomic mass is 9.79. The molecule has 0 radical (unpaired) electrons. The van der Waals surface area contributed by atoms with Crippen LogP contribution >= 0.6 is 11.7 Å². The number of aryl methyl sites for hydroxylation is 1. The van der Waals surface area contributed by atoms with Gasteiger partial charge in [-0.05, 0) is 10.8 Å². The fourth-order valence-corrected chi connectivity index (χ4v) is 3.57. The first-order valence-electron chi connectivity index (χ1n) is 7.15. The lowest BCUT2D eigenvalue weighted by Gasteiger charge is -2.23. The molecule has 0 aliphatic carbocycles. The number of hydrogen-bond donors (Lipinski definition) is 1. The minimum atomic E-state index is -0.0368. The molecule has 2 heterocycles. The van der Waals surface area contributed by atoms with Crippen molar-refractivity contribution in [3.63, 3.8) is 0 Å². The van der Waals surface area contributed by atoms with E-state index >= 15 is 0 Å². The molecule has 0 saturated carbocycles. The molecule has 0 bridgehead atoms. The molecule has 5 nitrogen and oxygen atoms in total. The zero-order chi connectivity index (χ0) is 15.6. The van der Waals surface area contributed by atoms with Crippen molar-refractivity contribution < 1.29 is 4.80 Å². The predicted molar refractivity (Wildman–Crippen MR) is 85.6 cm³/mol.